The third-order valence-corrected chi connectivity index (χ3v) is 8.93. The van der Waals surface area contributed by atoms with Crippen LogP contribution in [-0.4, -0.2) is 30.7 Å². The molecular formula is C22H24N2O5S2. The third kappa shape index (κ3) is 3.40. The van der Waals surface area contributed by atoms with Gasteiger partial charge in [-0.05, 0) is 48.9 Å². The van der Waals surface area contributed by atoms with Gasteiger partial charge in [-0.2, -0.15) is 4.72 Å². The number of carboxylic acid groups (broad SMARTS) is 1. The van der Waals surface area contributed by atoms with E-state index in [0.29, 0.717) is 17.0 Å². The summed E-state index contributed by atoms with van der Waals surface area (Å²) in [4.78, 5) is 11.8. The van der Waals surface area contributed by atoms with Crippen molar-refractivity contribution in [3.05, 3.63) is 51.0 Å². The first-order valence-electron chi connectivity index (χ1n) is 9.96. The van der Waals surface area contributed by atoms with E-state index in [-0.39, 0.29) is 6.42 Å². The lowest BCUT2D eigenvalue weighted by Crippen LogP contribution is -2.53. The number of hydrogen-bond acceptors (Lipinski definition) is 6. The number of aromatic nitrogens is 1. The van der Waals surface area contributed by atoms with Gasteiger partial charge in [0.15, 0.2) is 0 Å². The van der Waals surface area contributed by atoms with Gasteiger partial charge in [0.1, 0.15) is 16.5 Å². The van der Waals surface area contributed by atoms with Crippen molar-refractivity contribution >= 4 is 49.6 Å². The van der Waals surface area contributed by atoms with Crippen LogP contribution in [0.2, 0.25) is 0 Å². The fraction of sp³-hybridized carbons (Fsp3) is 0.364. The molecule has 0 aliphatic heterocycles. The Labute approximate surface area is 184 Å². The van der Waals surface area contributed by atoms with Crippen LogP contribution in [0, 0.1) is 19.8 Å². The van der Waals surface area contributed by atoms with Crippen LogP contribution in [0.4, 0.5) is 0 Å². The number of fused-ring (bicyclic) bond motifs is 3. The Bertz CT molecular complexity index is 1380. The summed E-state index contributed by atoms with van der Waals surface area (Å²) in [5.74, 6) is -1.25. The number of sulfonamides is 1. The van der Waals surface area contributed by atoms with Crippen molar-refractivity contribution in [1.29, 1.82) is 0 Å². The fourth-order valence-electron chi connectivity index (χ4n) is 4.25. The highest BCUT2D eigenvalue weighted by Gasteiger charge is 2.49. The summed E-state index contributed by atoms with van der Waals surface area (Å²) in [7, 11) is -4.19. The highest BCUT2D eigenvalue weighted by Crippen LogP contribution is 2.41. The number of thiophene rings is 1. The molecule has 0 radical (unpaired) electrons. The minimum absolute atomic E-state index is 0.142. The molecule has 1 unspecified atom stereocenters. The predicted molar refractivity (Wildman–Crippen MR) is 121 cm³/mol. The van der Waals surface area contributed by atoms with Gasteiger partial charge in [0.2, 0.25) is 10.0 Å². The van der Waals surface area contributed by atoms with Gasteiger partial charge in [0.05, 0.1) is 5.69 Å². The lowest BCUT2D eigenvalue weighted by molar-refractivity contribution is -0.140. The van der Waals surface area contributed by atoms with Crippen molar-refractivity contribution in [2.75, 3.05) is 0 Å². The van der Waals surface area contributed by atoms with Crippen LogP contribution < -0.4 is 14.5 Å². The number of nitrogens with zero attached hydrogens (tertiary/aromatic N) is 1. The summed E-state index contributed by atoms with van der Waals surface area (Å²) in [5, 5.41) is 15.7. The number of carbonyl (C=O) groups is 1. The highest BCUT2D eigenvalue weighted by molar-refractivity contribution is 7.91. The zero-order chi connectivity index (χ0) is 22.6. The predicted octanol–water partition coefficient (Wildman–Crippen LogP) is 2.39. The number of carboxylic acids is 1. The van der Waals surface area contributed by atoms with Crippen LogP contribution in [0.25, 0.3) is 22.2 Å². The number of rotatable bonds is 6. The molecule has 1 aliphatic carbocycles. The molecule has 164 valence electrons. The zero-order valence-corrected chi connectivity index (χ0v) is 19.3. The molecule has 0 saturated heterocycles. The Morgan fingerprint density at radius 1 is 1.29 bits per heavy atom. The van der Waals surface area contributed by atoms with E-state index in [1.165, 1.54) is 11.3 Å². The van der Waals surface area contributed by atoms with Crippen molar-refractivity contribution in [1.82, 2.24) is 9.88 Å². The largest absolute Gasteiger partial charge is 0.480 e. The molecule has 1 aliphatic rings. The average molecular weight is 461 g/mol. The van der Waals surface area contributed by atoms with Gasteiger partial charge < -0.3 is 9.63 Å². The van der Waals surface area contributed by atoms with E-state index in [2.05, 4.69) is 9.88 Å². The maximum Gasteiger partial charge on any atom is 0.321 e. The Hall–Kier alpha value is -2.49. The molecule has 0 saturated carbocycles. The normalized spacial score (nSPS) is 19.6. The Balaban J connectivity index is 2.00. The molecule has 9 heteroatoms. The topological polar surface area (TPSA) is 110 Å². The second-order valence-electron chi connectivity index (χ2n) is 8.20. The van der Waals surface area contributed by atoms with Crippen molar-refractivity contribution in [3.63, 3.8) is 0 Å². The molecule has 7 nitrogen and oxygen atoms in total. The highest BCUT2D eigenvalue weighted by atomic mass is 32.2. The number of aliphatic carboxylic acids is 1. The molecule has 31 heavy (non-hydrogen) atoms. The Morgan fingerprint density at radius 2 is 2.00 bits per heavy atom. The number of nitrogens with one attached hydrogen (secondary N) is 1. The van der Waals surface area contributed by atoms with E-state index in [4.69, 9.17) is 4.52 Å². The summed E-state index contributed by atoms with van der Waals surface area (Å²) in [6.07, 6.45) is 3.80. The quantitative estimate of drug-likeness (QED) is 0.585. The summed E-state index contributed by atoms with van der Waals surface area (Å²) >= 11 is 1.51. The first-order chi connectivity index (χ1) is 14.6. The number of benzene rings is 1. The van der Waals surface area contributed by atoms with Crippen LogP contribution >= 0.6 is 11.3 Å². The van der Waals surface area contributed by atoms with Gasteiger partial charge in [-0.1, -0.05) is 43.3 Å². The van der Waals surface area contributed by atoms with Gasteiger partial charge in [-0.15, -0.1) is 11.3 Å². The molecule has 2 N–H and O–H groups in total. The molecule has 4 rings (SSSR count). The maximum absolute atomic E-state index is 13.9. The average Bonchev–Trinajstić information content (AvgIpc) is 3.24. The van der Waals surface area contributed by atoms with Crippen LogP contribution in [0.1, 0.15) is 37.3 Å². The van der Waals surface area contributed by atoms with Crippen molar-refractivity contribution in [3.8, 4) is 0 Å². The molecule has 3 aromatic rings. The first kappa shape index (κ1) is 21.7. The molecule has 0 bridgehead atoms. The second-order valence-corrected chi connectivity index (χ2v) is 11.3. The van der Waals surface area contributed by atoms with Crippen LogP contribution in [-0.2, 0) is 19.6 Å². The van der Waals surface area contributed by atoms with Crippen molar-refractivity contribution in [2.24, 2.45) is 5.92 Å². The summed E-state index contributed by atoms with van der Waals surface area (Å²) in [6, 6.07) is 6.68. The monoisotopic (exact) mass is 460 g/mol. The molecule has 0 fully saturated rings. The number of aryl methyl sites for hydroxylation is 2. The van der Waals surface area contributed by atoms with Gasteiger partial charge in [0, 0.05) is 14.8 Å². The van der Waals surface area contributed by atoms with Crippen molar-refractivity contribution in [2.45, 2.75) is 44.9 Å². The molecule has 1 aromatic carbocycles. The molecule has 0 amide bonds. The minimum Gasteiger partial charge on any atom is -0.480 e. The van der Waals surface area contributed by atoms with E-state index >= 15 is 0 Å². The molecule has 0 spiro atoms. The lowest BCUT2D eigenvalue weighted by Gasteiger charge is -2.33. The van der Waals surface area contributed by atoms with Crippen LogP contribution in [0.15, 0.2) is 28.8 Å². The lowest BCUT2D eigenvalue weighted by atomic mass is 9.89. The van der Waals surface area contributed by atoms with Gasteiger partial charge in [0.25, 0.3) is 0 Å². The SMILES string of the molecule is Cc1noc(C)c1C1(S(=O)(=O)N[C@H](C(=O)O)C(C)C)C=c2sc3ccccc3c2=CC1. The maximum atomic E-state index is 13.9. The van der Waals surface area contributed by atoms with E-state index in [0.717, 1.165) is 19.8 Å². The molecule has 2 heterocycles. The van der Waals surface area contributed by atoms with Crippen molar-refractivity contribution < 1.29 is 22.8 Å². The number of hydrogen-bond donors (Lipinski definition) is 2. The first-order valence-corrected chi connectivity index (χ1v) is 12.3. The minimum atomic E-state index is -4.19. The van der Waals surface area contributed by atoms with Crippen LogP contribution in [0.5, 0.6) is 0 Å². The molecular weight excluding hydrogens is 436 g/mol. The zero-order valence-electron chi connectivity index (χ0n) is 17.7. The fourth-order valence-corrected chi connectivity index (χ4v) is 7.62. The second kappa shape index (κ2) is 7.58. The van der Waals surface area contributed by atoms with E-state index in [9.17, 15) is 18.3 Å². The van der Waals surface area contributed by atoms with Gasteiger partial charge in [-0.3, -0.25) is 4.79 Å². The van der Waals surface area contributed by atoms with E-state index in [1.807, 2.05) is 30.3 Å². The Morgan fingerprint density at radius 3 is 2.61 bits per heavy atom. The standard InChI is InChI=1S/C22H24N2O5S2/c1-12(2)20(21(25)26)24-31(27,28)22(19-13(3)23-29-14(19)4)10-9-16-15-7-5-6-8-17(15)30-18(16)11-22/h5-9,11-12,20,24H,10H2,1-4H3,(H,25,26)/t20-,22?/m0/s1. The molecule has 2 atom stereocenters. The smallest absolute Gasteiger partial charge is 0.321 e. The van der Waals surface area contributed by atoms with E-state index < -0.39 is 32.7 Å². The molecule has 2 aromatic heterocycles. The van der Waals surface area contributed by atoms with Gasteiger partial charge >= 0.3 is 5.97 Å². The summed E-state index contributed by atoms with van der Waals surface area (Å²) < 4.78 is 35.9. The Kier molecular flexibility index (Phi) is 5.31. The van der Waals surface area contributed by atoms with Gasteiger partial charge in [-0.25, -0.2) is 8.42 Å². The summed E-state index contributed by atoms with van der Waals surface area (Å²) in [5.41, 5.74) is 0.917. The van der Waals surface area contributed by atoms with E-state index in [1.54, 1.807) is 33.8 Å². The third-order valence-electron chi connectivity index (χ3n) is 5.79. The summed E-state index contributed by atoms with van der Waals surface area (Å²) in [6.45, 7) is 6.72. The van der Waals surface area contributed by atoms with Crippen LogP contribution in [0.3, 0.4) is 0 Å².